The lowest BCUT2D eigenvalue weighted by Crippen LogP contribution is -2.05. The second kappa shape index (κ2) is 4.38. The predicted molar refractivity (Wildman–Crippen MR) is 63.5 cm³/mol. The molecule has 2 aromatic rings. The SMILES string of the molecule is O=c1c2ccccc12.OC1CSSC1. The van der Waals surface area contributed by atoms with Gasteiger partial charge in [0.05, 0.1) is 6.10 Å². The van der Waals surface area contributed by atoms with Crippen LogP contribution in [0.4, 0.5) is 0 Å². The summed E-state index contributed by atoms with van der Waals surface area (Å²) < 4.78 is 0. The van der Waals surface area contributed by atoms with Gasteiger partial charge in [-0.2, -0.15) is 0 Å². The summed E-state index contributed by atoms with van der Waals surface area (Å²) in [6.45, 7) is 0. The van der Waals surface area contributed by atoms with E-state index < -0.39 is 0 Å². The maximum absolute atomic E-state index is 10.5. The monoisotopic (exact) mass is 226 g/mol. The molecule has 1 saturated heterocycles. The fraction of sp³-hybridized carbons (Fsp3) is 0.300. The number of hydrogen-bond acceptors (Lipinski definition) is 4. The lowest BCUT2D eigenvalue weighted by molar-refractivity contribution is 0.227. The first-order valence-electron chi connectivity index (χ1n) is 4.35. The average Bonchev–Trinajstić information content (AvgIpc) is 2.62. The van der Waals surface area contributed by atoms with Crippen molar-refractivity contribution in [2.75, 3.05) is 11.5 Å². The van der Waals surface area contributed by atoms with Crippen LogP contribution in [0.3, 0.4) is 0 Å². The number of rotatable bonds is 0. The van der Waals surface area contributed by atoms with E-state index in [0.29, 0.717) is 0 Å². The van der Waals surface area contributed by atoms with Crippen LogP contribution in [0.5, 0.6) is 0 Å². The highest BCUT2D eigenvalue weighted by molar-refractivity contribution is 8.77. The summed E-state index contributed by atoms with van der Waals surface area (Å²) in [5.41, 5.74) is 0.218. The van der Waals surface area contributed by atoms with Gasteiger partial charge < -0.3 is 5.11 Å². The first-order valence-corrected chi connectivity index (χ1v) is 6.84. The molecule has 3 rings (SSSR count). The minimum Gasteiger partial charge on any atom is -0.391 e. The molecule has 2 aromatic carbocycles. The first-order chi connectivity index (χ1) is 6.79. The molecule has 74 valence electrons. The molecule has 0 radical (unpaired) electrons. The Morgan fingerprint density at radius 1 is 1.14 bits per heavy atom. The van der Waals surface area contributed by atoms with Gasteiger partial charge in [-0.1, -0.05) is 45.9 Å². The molecule has 0 saturated carbocycles. The van der Waals surface area contributed by atoms with E-state index in [-0.39, 0.29) is 11.5 Å². The van der Waals surface area contributed by atoms with Crippen LogP contribution in [0.15, 0.2) is 29.1 Å². The average molecular weight is 226 g/mol. The molecule has 0 amide bonds. The van der Waals surface area contributed by atoms with E-state index in [1.54, 1.807) is 21.6 Å². The number of fused-ring (bicyclic) bond motifs is 1. The predicted octanol–water partition coefficient (Wildman–Crippen LogP) is 1.82. The van der Waals surface area contributed by atoms with Gasteiger partial charge in [-0.25, -0.2) is 0 Å². The zero-order valence-corrected chi connectivity index (χ0v) is 9.11. The highest BCUT2D eigenvalue weighted by atomic mass is 33.1. The van der Waals surface area contributed by atoms with Gasteiger partial charge >= 0.3 is 0 Å². The molecule has 14 heavy (non-hydrogen) atoms. The lowest BCUT2D eigenvalue weighted by Gasteiger charge is -1.88. The van der Waals surface area contributed by atoms with Crippen molar-refractivity contribution in [2.45, 2.75) is 6.10 Å². The zero-order valence-electron chi connectivity index (χ0n) is 7.47. The summed E-state index contributed by atoms with van der Waals surface area (Å²) >= 11 is 0. The topological polar surface area (TPSA) is 37.3 Å². The Kier molecular flexibility index (Phi) is 3.15. The van der Waals surface area contributed by atoms with Crippen LogP contribution < -0.4 is 5.43 Å². The smallest absolute Gasteiger partial charge is 0.194 e. The summed E-state index contributed by atoms with van der Waals surface area (Å²) in [5.74, 6) is 1.84. The van der Waals surface area contributed by atoms with Crippen molar-refractivity contribution < 1.29 is 5.11 Å². The van der Waals surface area contributed by atoms with Crippen LogP contribution in [0, 0.1) is 0 Å². The molecule has 1 N–H and O–H groups in total. The van der Waals surface area contributed by atoms with Crippen LogP contribution in [0.1, 0.15) is 0 Å². The highest BCUT2D eigenvalue weighted by Crippen LogP contribution is 2.30. The molecule has 2 nitrogen and oxygen atoms in total. The van der Waals surface area contributed by atoms with Crippen LogP contribution in [0.25, 0.3) is 10.8 Å². The number of aliphatic hydroxyl groups is 1. The molecule has 0 atom stereocenters. The van der Waals surface area contributed by atoms with E-state index >= 15 is 0 Å². The molecule has 1 aliphatic rings. The van der Waals surface area contributed by atoms with Gasteiger partial charge in [-0.15, -0.1) is 0 Å². The van der Waals surface area contributed by atoms with Crippen molar-refractivity contribution in [1.29, 1.82) is 0 Å². The van der Waals surface area contributed by atoms with Crippen molar-refractivity contribution >= 4 is 32.4 Å². The minimum absolute atomic E-state index is 0.0278. The van der Waals surface area contributed by atoms with Gasteiger partial charge in [0.15, 0.2) is 5.43 Å². The third-order valence-corrected chi connectivity index (χ3v) is 4.48. The Hall–Kier alpha value is -0.450. The highest BCUT2D eigenvalue weighted by Gasteiger charge is 2.10. The van der Waals surface area contributed by atoms with Crippen molar-refractivity contribution in [2.24, 2.45) is 0 Å². The Balaban J connectivity index is 0.000000112. The van der Waals surface area contributed by atoms with Crippen LogP contribution in [0.2, 0.25) is 0 Å². The maximum Gasteiger partial charge on any atom is 0.194 e. The summed E-state index contributed by atoms with van der Waals surface area (Å²) in [4.78, 5) is 10.5. The van der Waals surface area contributed by atoms with Gasteiger partial charge in [0, 0.05) is 22.3 Å². The Labute approximate surface area is 89.8 Å². The summed E-state index contributed by atoms with van der Waals surface area (Å²) in [5, 5.41) is 10.5. The Morgan fingerprint density at radius 2 is 1.64 bits per heavy atom. The quantitative estimate of drug-likeness (QED) is 0.695. The molecule has 1 heterocycles. The number of hydrogen-bond donors (Lipinski definition) is 1. The Morgan fingerprint density at radius 3 is 1.93 bits per heavy atom. The van der Waals surface area contributed by atoms with Gasteiger partial charge in [-0.05, 0) is 0 Å². The summed E-state index contributed by atoms with van der Waals surface area (Å²) in [6, 6.07) is 7.45. The zero-order chi connectivity index (χ0) is 9.97. The largest absolute Gasteiger partial charge is 0.391 e. The van der Waals surface area contributed by atoms with E-state index in [0.717, 1.165) is 22.3 Å². The van der Waals surface area contributed by atoms with Gasteiger partial charge in [-0.3, -0.25) is 4.79 Å². The fourth-order valence-corrected chi connectivity index (χ4v) is 3.55. The molecule has 0 bridgehead atoms. The van der Waals surface area contributed by atoms with E-state index in [4.69, 9.17) is 5.11 Å². The lowest BCUT2D eigenvalue weighted by atomic mass is 10.4. The van der Waals surface area contributed by atoms with Gasteiger partial charge in [0.1, 0.15) is 0 Å². The van der Waals surface area contributed by atoms with E-state index in [9.17, 15) is 4.79 Å². The molecule has 4 heteroatoms. The maximum atomic E-state index is 10.5. The molecule has 0 aliphatic carbocycles. The second-order valence-electron chi connectivity index (χ2n) is 3.10. The van der Waals surface area contributed by atoms with E-state index in [2.05, 4.69) is 0 Å². The fourth-order valence-electron chi connectivity index (χ4n) is 1.13. The molecular formula is C10H10O2S2. The third-order valence-electron chi connectivity index (χ3n) is 1.96. The molecular weight excluding hydrogens is 216 g/mol. The molecule has 1 aliphatic heterocycles. The van der Waals surface area contributed by atoms with Gasteiger partial charge in [0.2, 0.25) is 0 Å². The van der Waals surface area contributed by atoms with E-state index in [1.807, 2.05) is 24.3 Å². The summed E-state index contributed by atoms with van der Waals surface area (Å²) in [7, 11) is 3.50. The second-order valence-corrected chi connectivity index (χ2v) is 5.65. The van der Waals surface area contributed by atoms with E-state index in [1.165, 1.54) is 0 Å². The summed E-state index contributed by atoms with van der Waals surface area (Å²) in [6.07, 6.45) is -0.0278. The van der Waals surface area contributed by atoms with Crippen molar-refractivity contribution in [3.63, 3.8) is 0 Å². The normalized spacial score (nSPS) is 17.2. The molecule has 0 unspecified atom stereocenters. The van der Waals surface area contributed by atoms with Crippen molar-refractivity contribution in [1.82, 2.24) is 0 Å². The van der Waals surface area contributed by atoms with Gasteiger partial charge in [0.25, 0.3) is 0 Å². The van der Waals surface area contributed by atoms with Crippen LogP contribution >= 0.6 is 21.6 Å². The third kappa shape index (κ3) is 2.32. The molecule has 0 spiro atoms. The van der Waals surface area contributed by atoms with Crippen LogP contribution in [-0.4, -0.2) is 22.7 Å². The standard InChI is InChI=1S/C7H4O.C3H6OS2/c8-7-5-3-1-2-4-6(5)7;4-3-1-5-6-2-3/h1-4H;3-4H,1-2H2. The minimum atomic E-state index is -0.0278. The number of aliphatic hydroxyl groups excluding tert-OH is 1. The Bertz CT molecular complexity index is 395. The molecule has 0 aromatic heterocycles. The molecule has 1 fully saturated rings. The first kappa shape index (κ1) is 10.1. The van der Waals surface area contributed by atoms with Crippen molar-refractivity contribution in [3.8, 4) is 0 Å². The van der Waals surface area contributed by atoms with Crippen LogP contribution in [-0.2, 0) is 0 Å². The number of benzene rings is 1. The van der Waals surface area contributed by atoms with Crippen molar-refractivity contribution in [3.05, 3.63) is 34.5 Å².